The summed E-state index contributed by atoms with van der Waals surface area (Å²) in [6, 6.07) is 8.00. The highest BCUT2D eigenvalue weighted by atomic mass is 16.2. The zero-order chi connectivity index (χ0) is 14.9. The first-order chi connectivity index (χ1) is 10.2. The fourth-order valence-electron chi connectivity index (χ4n) is 2.46. The molecule has 0 atom stereocenters. The molecule has 0 heterocycles. The molecule has 1 amide bonds. The molecule has 1 aromatic carbocycles. The lowest BCUT2D eigenvalue weighted by Crippen LogP contribution is -2.27. The van der Waals surface area contributed by atoms with Gasteiger partial charge in [-0.2, -0.15) is 5.10 Å². The third-order valence-corrected chi connectivity index (χ3v) is 3.77. The number of nitrogens with one attached hydrogen (secondary N) is 2. The molecule has 1 aliphatic carbocycles. The lowest BCUT2D eigenvalue weighted by molar-refractivity contribution is -0.119. The molecule has 21 heavy (non-hydrogen) atoms. The molecule has 2 N–H and O–H groups in total. The van der Waals surface area contributed by atoms with Crippen molar-refractivity contribution in [2.45, 2.75) is 51.9 Å². The molecule has 1 aromatic rings. The van der Waals surface area contributed by atoms with E-state index in [9.17, 15) is 4.79 Å². The van der Waals surface area contributed by atoms with Crippen LogP contribution in [0.4, 0.5) is 5.69 Å². The molecule has 0 aliphatic heterocycles. The van der Waals surface area contributed by atoms with Gasteiger partial charge in [-0.25, -0.2) is 5.43 Å². The second kappa shape index (κ2) is 8.45. The Morgan fingerprint density at radius 3 is 2.33 bits per heavy atom. The zero-order valence-electron chi connectivity index (χ0n) is 12.8. The van der Waals surface area contributed by atoms with Crippen LogP contribution in [-0.4, -0.2) is 18.2 Å². The maximum Gasteiger partial charge on any atom is 0.259 e. The Morgan fingerprint density at radius 2 is 1.67 bits per heavy atom. The molecule has 1 aliphatic rings. The Balaban J connectivity index is 1.74. The van der Waals surface area contributed by atoms with Crippen molar-refractivity contribution in [3.05, 3.63) is 29.8 Å². The van der Waals surface area contributed by atoms with Crippen LogP contribution in [0.1, 0.15) is 50.5 Å². The van der Waals surface area contributed by atoms with Gasteiger partial charge in [-0.1, -0.05) is 37.0 Å². The molecule has 4 nitrogen and oxygen atoms in total. The van der Waals surface area contributed by atoms with E-state index >= 15 is 0 Å². The fraction of sp³-hybridized carbons (Fsp3) is 0.529. The average Bonchev–Trinajstić information content (AvgIpc) is 2.45. The van der Waals surface area contributed by atoms with Crippen LogP contribution in [0.15, 0.2) is 29.4 Å². The zero-order valence-corrected chi connectivity index (χ0v) is 12.8. The molecule has 0 spiro atoms. The van der Waals surface area contributed by atoms with Crippen molar-refractivity contribution in [2.75, 3.05) is 11.9 Å². The maximum atomic E-state index is 11.8. The summed E-state index contributed by atoms with van der Waals surface area (Å²) in [6.45, 7) is 2.29. The van der Waals surface area contributed by atoms with Gasteiger partial charge in [0.25, 0.3) is 5.91 Å². The molecule has 0 aromatic heterocycles. The summed E-state index contributed by atoms with van der Waals surface area (Å²) in [4.78, 5) is 11.8. The van der Waals surface area contributed by atoms with Crippen molar-refractivity contribution in [3.8, 4) is 0 Å². The normalized spacial score (nSPS) is 15.8. The van der Waals surface area contributed by atoms with Gasteiger partial charge in [0.2, 0.25) is 0 Å². The lowest BCUT2D eigenvalue weighted by atomic mass is 9.99. The number of benzene rings is 1. The summed E-state index contributed by atoms with van der Waals surface area (Å²) in [7, 11) is 0. The molecule has 1 saturated carbocycles. The minimum absolute atomic E-state index is 0.0925. The molecule has 0 bridgehead atoms. The smallest absolute Gasteiger partial charge is 0.259 e. The van der Waals surface area contributed by atoms with Crippen LogP contribution in [0, 0.1) is 6.92 Å². The Morgan fingerprint density at radius 1 is 1.05 bits per heavy atom. The van der Waals surface area contributed by atoms with E-state index in [0.29, 0.717) is 0 Å². The summed E-state index contributed by atoms with van der Waals surface area (Å²) >= 11 is 0. The van der Waals surface area contributed by atoms with E-state index in [1.165, 1.54) is 37.7 Å². The largest absolute Gasteiger partial charge is 0.376 e. The SMILES string of the molecule is Cc1ccc(NCC(=O)NN=C2CCCCCCC2)cc1. The molecular formula is C17H25N3O. The lowest BCUT2D eigenvalue weighted by Gasteiger charge is -2.11. The molecule has 114 valence electrons. The van der Waals surface area contributed by atoms with Gasteiger partial charge < -0.3 is 5.32 Å². The van der Waals surface area contributed by atoms with Crippen LogP contribution in [0.2, 0.25) is 0 Å². The van der Waals surface area contributed by atoms with Crippen molar-refractivity contribution >= 4 is 17.3 Å². The van der Waals surface area contributed by atoms with Crippen LogP contribution < -0.4 is 10.7 Å². The number of hydrogen-bond acceptors (Lipinski definition) is 3. The predicted octanol–water partition coefficient (Wildman–Crippen LogP) is 3.62. The number of hydrazone groups is 1. The van der Waals surface area contributed by atoms with E-state index in [4.69, 9.17) is 0 Å². The third-order valence-electron chi connectivity index (χ3n) is 3.77. The van der Waals surface area contributed by atoms with Crippen LogP contribution in [-0.2, 0) is 4.79 Å². The fourth-order valence-corrected chi connectivity index (χ4v) is 2.46. The van der Waals surface area contributed by atoms with E-state index in [-0.39, 0.29) is 12.5 Å². The first-order valence-electron chi connectivity index (χ1n) is 7.89. The monoisotopic (exact) mass is 287 g/mol. The molecule has 4 heteroatoms. The van der Waals surface area contributed by atoms with Gasteiger partial charge in [-0.15, -0.1) is 0 Å². The topological polar surface area (TPSA) is 53.5 Å². The van der Waals surface area contributed by atoms with E-state index < -0.39 is 0 Å². The van der Waals surface area contributed by atoms with Crippen LogP contribution >= 0.6 is 0 Å². The van der Waals surface area contributed by atoms with Crippen LogP contribution in [0.5, 0.6) is 0 Å². The minimum atomic E-state index is -0.0925. The minimum Gasteiger partial charge on any atom is -0.376 e. The van der Waals surface area contributed by atoms with Crippen molar-refractivity contribution in [3.63, 3.8) is 0 Å². The number of carbonyl (C=O) groups excluding carboxylic acids is 1. The van der Waals surface area contributed by atoms with Crippen molar-refractivity contribution in [1.82, 2.24) is 5.43 Å². The van der Waals surface area contributed by atoms with E-state index in [1.807, 2.05) is 31.2 Å². The number of anilines is 1. The van der Waals surface area contributed by atoms with E-state index in [0.717, 1.165) is 24.2 Å². The van der Waals surface area contributed by atoms with Crippen LogP contribution in [0.25, 0.3) is 0 Å². The Hall–Kier alpha value is -1.84. The Kier molecular flexibility index (Phi) is 6.25. The van der Waals surface area contributed by atoms with Crippen LogP contribution in [0.3, 0.4) is 0 Å². The number of rotatable bonds is 4. The highest BCUT2D eigenvalue weighted by molar-refractivity contribution is 5.87. The van der Waals surface area contributed by atoms with Crippen molar-refractivity contribution in [2.24, 2.45) is 5.10 Å². The van der Waals surface area contributed by atoms with E-state index in [1.54, 1.807) is 0 Å². The second-order valence-corrected chi connectivity index (χ2v) is 5.70. The van der Waals surface area contributed by atoms with Crippen molar-refractivity contribution < 1.29 is 4.79 Å². The molecule has 1 fully saturated rings. The van der Waals surface area contributed by atoms with E-state index in [2.05, 4.69) is 15.8 Å². The maximum absolute atomic E-state index is 11.8. The number of aryl methyl sites for hydroxylation is 1. The standard InChI is InChI=1S/C17H25N3O/c1-14-9-11-15(12-10-14)18-13-17(21)20-19-16-7-5-3-2-4-6-8-16/h9-12,18H,2-8,13H2,1H3,(H,20,21). The van der Waals surface area contributed by atoms with Gasteiger partial charge in [-0.05, 0) is 44.7 Å². The second-order valence-electron chi connectivity index (χ2n) is 5.70. The molecule has 0 radical (unpaired) electrons. The van der Waals surface area contributed by atoms with Gasteiger partial charge >= 0.3 is 0 Å². The van der Waals surface area contributed by atoms with Crippen molar-refractivity contribution in [1.29, 1.82) is 0 Å². The Labute approximate surface area is 127 Å². The number of hydrogen-bond donors (Lipinski definition) is 2. The Bertz CT molecular complexity index is 469. The highest BCUT2D eigenvalue weighted by Crippen LogP contribution is 2.14. The molecule has 0 unspecified atom stereocenters. The highest BCUT2D eigenvalue weighted by Gasteiger charge is 2.06. The molecule has 2 rings (SSSR count). The van der Waals surface area contributed by atoms with Gasteiger partial charge in [-0.3, -0.25) is 4.79 Å². The van der Waals surface area contributed by atoms with Gasteiger partial charge in [0, 0.05) is 11.4 Å². The molecule has 0 saturated heterocycles. The quantitative estimate of drug-likeness (QED) is 0.831. The summed E-state index contributed by atoms with van der Waals surface area (Å²) in [5, 5.41) is 7.39. The number of amides is 1. The summed E-state index contributed by atoms with van der Waals surface area (Å²) in [6.07, 6.45) is 8.31. The summed E-state index contributed by atoms with van der Waals surface area (Å²) in [5.41, 5.74) is 5.97. The van der Waals surface area contributed by atoms with Gasteiger partial charge in [0.05, 0.1) is 6.54 Å². The van der Waals surface area contributed by atoms with Gasteiger partial charge in [0.1, 0.15) is 0 Å². The summed E-state index contributed by atoms with van der Waals surface area (Å²) < 4.78 is 0. The average molecular weight is 287 g/mol. The summed E-state index contributed by atoms with van der Waals surface area (Å²) in [5.74, 6) is -0.0925. The number of nitrogens with zero attached hydrogens (tertiary/aromatic N) is 1. The first kappa shape index (κ1) is 15.5. The third kappa shape index (κ3) is 5.98. The predicted molar refractivity (Wildman–Crippen MR) is 87.6 cm³/mol. The number of carbonyl (C=O) groups is 1. The first-order valence-corrected chi connectivity index (χ1v) is 7.89. The van der Waals surface area contributed by atoms with Gasteiger partial charge in [0.15, 0.2) is 0 Å². The molecular weight excluding hydrogens is 262 g/mol.